The van der Waals surface area contributed by atoms with Crippen LogP contribution in [0.2, 0.25) is 0 Å². The van der Waals surface area contributed by atoms with Gasteiger partial charge in [-0.1, -0.05) is 18.2 Å². The quantitative estimate of drug-likeness (QED) is 0.786. The molecule has 0 fully saturated rings. The number of aromatic carboxylic acids is 1. The maximum atomic E-state index is 12.4. The smallest absolute Gasteiger partial charge is 0.335 e. The van der Waals surface area contributed by atoms with Crippen LogP contribution in [0.4, 0.5) is 0 Å². The molecule has 0 bridgehead atoms. The minimum Gasteiger partial charge on any atom is -0.497 e. The number of methoxy groups -OCH3 is 2. The minimum absolute atomic E-state index is 0.0666. The Bertz CT molecular complexity index is 788. The molecule has 0 unspecified atom stereocenters. The van der Waals surface area contributed by atoms with E-state index in [0.29, 0.717) is 30.0 Å². The predicted octanol–water partition coefficient (Wildman–Crippen LogP) is 2.99. The second-order valence-corrected chi connectivity index (χ2v) is 5.89. The topological polar surface area (TPSA) is 76.1 Å². The number of nitrogens with zero attached hydrogens (tertiary/aromatic N) is 1. The van der Waals surface area contributed by atoms with Gasteiger partial charge in [0.05, 0.1) is 19.8 Å². The van der Waals surface area contributed by atoms with Gasteiger partial charge in [0.15, 0.2) is 0 Å². The molecule has 0 aliphatic carbocycles. The molecule has 0 aliphatic heterocycles. The lowest BCUT2D eigenvalue weighted by molar-refractivity contribution is -0.130. The molecule has 0 heterocycles. The molecule has 138 valence electrons. The first-order valence-corrected chi connectivity index (χ1v) is 8.22. The van der Waals surface area contributed by atoms with Crippen LogP contribution in [-0.4, -0.2) is 43.2 Å². The largest absolute Gasteiger partial charge is 0.497 e. The van der Waals surface area contributed by atoms with Crippen LogP contribution in [0.25, 0.3) is 0 Å². The van der Waals surface area contributed by atoms with E-state index in [2.05, 4.69) is 0 Å². The van der Waals surface area contributed by atoms with Crippen molar-refractivity contribution in [1.82, 2.24) is 4.90 Å². The maximum absolute atomic E-state index is 12.4. The van der Waals surface area contributed by atoms with Crippen molar-refractivity contribution in [1.29, 1.82) is 0 Å². The fourth-order valence-electron chi connectivity index (χ4n) is 2.71. The maximum Gasteiger partial charge on any atom is 0.335 e. The summed E-state index contributed by atoms with van der Waals surface area (Å²) in [7, 11) is 4.87. The average Bonchev–Trinajstić information content (AvgIpc) is 2.66. The molecule has 0 spiro atoms. The summed E-state index contributed by atoms with van der Waals surface area (Å²) in [6, 6.07) is 12.2. The Balaban J connectivity index is 2.01. The summed E-state index contributed by atoms with van der Waals surface area (Å²) in [4.78, 5) is 25.3. The van der Waals surface area contributed by atoms with Crippen LogP contribution < -0.4 is 9.47 Å². The molecule has 0 radical (unpaired) electrons. The molecule has 0 saturated heterocycles. The number of benzene rings is 2. The lowest BCUT2D eigenvalue weighted by Gasteiger charge is -2.19. The van der Waals surface area contributed by atoms with E-state index in [1.807, 2.05) is 12.1 Å². The third kappa shape index (κ3) is 4.75. The van der Waals surface area contributed by atoms with Gasteiger partial charge in [-0.25, -0.2) is 4.79 Å². The molecule has 2 aromatic carbocycles. The van der Waals surface area contributed by atoms with Crippen LogP contribution in [-0.2, 0) is 17.8 Å². The van der Waals surface area contributed by atoms with Gasteiger partial charge in [0, 0.05) is 31.6 Å². The Morgan fingerprint density at radius 3 is 2.42 bits per heavy atom. The SMILES string of the molecule is COc1ccc(CN(C)C(=O)CCc2ccccc2C(=O)O)c(OC)c1. The highest BCUT2D eigenvalue weighted by molar-refractivity contribution is 5.89. The van der Waals surface area contributed by atoms with Crippen molar-refractivity contribution < 1.29 is 24.2 Å². The Labute approximate surface area is 153 Å². The van der Waals surface area contributed by atoms with Gasteiger partial charge < -0.3 is 19.5 Å². The molecule has 0 atom stereocenters. The van der Waals surface area contributed by atoms with Gasteiger partial charge in [-0.3, -0.25) is 4.79 Å². The van der Waals surface area contributed by atoms with E-state index >= 15 is 0 Å². The first kappa shape index (κ1) is 19.3. The van der Waals surface area contributed by atoms with Crippen LogP contribution in [0, 0.1) is 0 Å². The van der Waals surface area contributed by atoms with E-state index in [0.717, 1.165) is 5.56 Å². The molecule has 26 heavy (non-hydrogen) atoms. The zero-order chi connectivity index (χ0) is 19.1. The molecule has 0 aliphatic rings. The van der Waals surface area contributed by atoms with Gasteiger partial charge in [-0.05, 0) is 30.2 Å². The van der Waals surface area contributed by atoms with Gasteiger partial charge in [0.25, 0.3) is 0 Å². The first-order chi connectivity index (χ1) is 12.5. The molecular weight excluding hydrogens is 334 g/mol. The van der Waals surface area contributed by atoms with Crippen LogP contribution in [0.15, 0.2) is 42.5 Å². The van der Waals surface area contributed by atoms with Crippen LogP contribution in [0.3, 0.4) is 0 Å². The van der Waals surface area contributed by atoms with Crippen molar-refractivity contribution in [3.05, 3.63) is 59.2 Å². The highest BCUT2D eigenvalue weighted by Crippen LogP contribution is 2.25. The van der Waals surface area contributed by atoms with Gasteiger partial charge in [-0.2, -0.15) is 0 Å². The van der Waals surface area contributed by atoms with Gasteiger partial charge >= 0.3 is 5.97 Å². The summed E-state index contributed by atoms with van der Waals surface area (Å²) >= 11 is 0. The van der Waals surface area contributed by atoms with Gasteiger partial charge in [0.2, 0.25) is 5.91 Å². The Morgan fingerprint density at radius 1 is 1.04 bits per heavy atom. The zero-order valence-corrected chi connectivity index (χ0v) is 15.2. The number of ether oxygens (including phenoxy) is 2. The van der Waals surface area contributed by atoms with Crippen molar-refractivity contribution in [3.8, 4) is 11.5 Å². The fraction of sp³-hybridized carbons (Fsp3) is 0.300. The van der Waals surface area contributed by atoms with Gasteiger partial charge in [0.1, 0.15) is 11.5 Å². The standard InChI is InChI=1S/C20H23NO5/c1-21(13-15-8-10-16(25-2)12-18(15)26-3)19(22)11-9-14-6-4-5-7-17(14)20(23)24/h4-8,10,12H,9,11,13H2,1-3H3,(H,23,24). The second kappa shape index (κ2) is 8.89. The Morgan fingerprint density at radius 2 is 1.77 bits per heavy atom. The number of carbonyl (C=O) groups is 2. The van der Waals surface area contributed by atoms with E-state index in [1.165, 1.54) is 0 Å². The van der Waals surface area contributed by atoms with E-state index in [1.54, 1.807) is 56.5 Å². The van der Waals surface area contributed by atoms with E-state index < -0.39 is 5.97 Å². The number of hydrogen-bond donors (Lipinski definition) is 1. The summed E-state index contributed by atoms with van der Waals surface area (Å²) in [5, 5.41) is 9.22. The van der Waals surface area contributed by atoms with Crippen molar-refractivity contribution in [2.24, 2.45) is 0 Å². The molecule has 0 saturated carbocycles. The Hall–Kier alpha value is -3.02. The number of carboxylic acid groups (broad SMARTS) is 1. The summed E-state index contributed by atoms with van der Waals surface area (Å²) in [6.07, 6.45) is 0.616. The molecule has 1 N–H and O–H groups in total. The number of aryl methyl sites for hydroxylation is 1. The van der Waals surface area contributed by atoms with Crippen molar-refractivity contribution in [2.45, 2.75) is 19.4 Å². The van der Waals surface area contributed by atoms with Crippen molar-refractivity contribution >= 4 is 11.9 Å². The summed E-state index contributed by atoms with van der Waals surface area (Å²) in [5.41, 5.74) is 1.76. The average molecular weight is 357 g/mol. The lowest BCUT2D eigenvalue weighted by atomic mass is 10.0. The predicted molar refractivity (Wildman–Crippen MR) is 97.7 cm³/mol. The highest BCUT2D eigenvalue weighted by atomic mass is 16.5. The third-order valence-electron chi connectivity index (χ3n) is 4.18. The van der Waals surface area contributed by atoms with Crippen LogP contribution in [0.1, 0.15) is 27.9 Å². The number of hydrogen-bond acceptors (Lipinski definition) is 4. The zero-order valence-electron chi connectivity index (χ0n) is 15.2. The summed E-state index contributed by atoms with van der Waals surface area (Å²) in [6.45, 7) is 0.395. The van der Waals surface area contributed by atoms with Gasteiger partial charge in [-0.15, -0.1) is 0 Å². The van der Waals surface area contributed by atoms with E-state index in [4.69, 9.17) is 9.47 Å². The van der Waals surface area contributed by atoms with Crippen molar-refractivity contribution in [2.75, 3.05) is 21.3 Å². The Kier molecular flexibility index (Phi) is 6.60. The number of carbonyl (C=O) groups excluding carboxylic acids is 1. The monoisotopic (exact) mass is 357 g/mol. The first-order valence-electron chi connectivity index (χ1n) is 8.22. The van der Waals surface area contributed by atoms with E-state index in [9.17, 15) is 14.7 Å². The molecule has 6 heteroatoms. The number of amides is 1. The lowest BCUT2D eigenvalue weighted by Crippen LogP contribution is -2.26. The molecule has 1 amide bonds. The third-order valence-corrected chi connectivity index (χ3v) is 4.18. The molecule has 2 aromatic rings. The van der Waals surface area contributed by atoms with Crippen LogP contribution >= 0.6 is 0 Å². The molecule has 2 rings (SSSR count). The second-order valence-electron chi connectivity index (χ2n) is 5.89. The summed E-state index contributed by atoms with van der Waals surface area (Å²) in [5.74, 6) is 0.289. The molecule has 0 aromatic heterocycles. The highest BCUT2D eigenvalue weighted by Gasteiger charge is 2.15. The van der Waals surface area contributed by atoms with E-state index in [-0.39, 0.29) is 17.9 Å². The molecular formula is C20H23NO5. The van der Waals surface area contributed by atoms with Crippen molar-refractivity contribution in [3.63, 3.8) is 0 Å². The number of carboxylic acids is 1. The molecule has 6 nitrogen and oxygen atoms in total. The normalized spacial score (nSPS) is 10.3. The minimum atomic E-state index is -0.982. The number of rotatable bonds is 8. The van der Waals surface area contributed by atoms with Crippen LogP contribution in [0.5, 0.6) is 11.5 Å². The summed E-state index contributed by atoms with van der Waals surface area (Å²) < 4.78 is 10.5. The fourth-order valence-corrected chi connectivity index (χ4v) is 2.71.